The van der Waals surface area contributed by atoms with E-state index in [1.54, 1.807) is 12.1 Å². The summed E-state index contributed by atoms with van der Waals surface area (Å²) in [6, 6.07) is 4.63. The summed E-state index contributed by atoms with van der Waals surface area (Å²) in [4.78, 5) is 23.0. The summed E-state index contributed by atoms with van der Waals surface area (Å²) in [5, 5.41) is 10.7. The molecule has 0 saturated carbocycles. The highest BCUT2D eigenvalue weighted by molar-refractivity contribution is 5.83. The number of hydrogen-bond donors (Lipinski definition) is 0. The first-order valence-electron chi connectivity index (χ1n) is 6.05. The quantitative estimate of drug-likeness (QED) is 0.323. The van der Waals surface area contributed by atoms with Gasteiger partial charge in [-0.3, -0.25) is 14.9 Å². The highest BCUT2D eigenvalue weighted by Gasteiger charge is 2.14. The number of nitro groups is 1. The average Bonchev–Trinajstić information content (AvgIpc) is 2.37. The third-order valence-corrected chi connectivity index (χ3v) is 2.87. The summed E-state index contributed by atoms with van der Waals surface area (Å²) in [5.41, 5.74) is 0.814. The molecule has 0 heterocycles. The maximum Gasteiger partial charge on any atom is 0.280 e. The molecule has 5 heteroatoms. The van der Waals surface area contributed by atoms with Crippen molar-refractivity contribution in [3.05, 3.63) is 33.9 Å². The van der Waals surface area contributed by atoms with Crippen molar-refractivity contribution in [2.45, 2.75) is 26.2 Å². The minimum Gasteiger partial charge on any atom is -0.375 e. The van der Waals surface area contributed by atoms with Crippen LogP contribution < -0.4 is 4.90 Å². The first-order chi connectivity index (χ1) is 8.60. The Labute approximate surface area is 107 Å². The Balaban J connectivity index is 2.84. The lowest BCUT2D eigenvalue weighted by atomic mass is 10.1. The molecule has 5 nitrogen and oxygen atoms in total. The summed E-state index contributed by atoms with van der Waals surface area (Å²) in [7, 11) is 1.92. The molecule has 0 atom stereocenters. The second kappa shape index (κ2) is 6.74. The van der Waals surface area contributed by atoms with Crippen LogP contribution >= 0.6 is 0 Å². The summed E-state index contributed by atoms with van der Waals surface area (Å²) >= 11 is 0. The number of benzene rings is 1. The predicted molar refractivity (Wildman–Crippen MR) is 71.3 cm³/mol. The minimum absolute atomic E-state index is 0.125. The molecule has 0 radical (unpaired) electrons. The van der Waals surface area contributed by atoms with Crippen molar-refractivity contribution in [2.24, 2.45) is 0 Å². The van der Waals surface area contributed by atoms with E-state index in [1.807, 2.05) is 11.9 Å². The zero-order valence-electron chi connectivity index (χ0n) is 10.8. The number of hydrogen-bond acceptors (Lipinski definition) is 4. The topological polar surface area (TPSA) is 63.4 Å². The van der Waals surface area contributed by atoms with Gasteiger partial charge in [-0.25, -0.2) is 0 Å². The van der Waals surface area contributed by atoms with Crippen LogP contribution in [0.1, 0.15) is 36.5 Å². The van der Waals surface area contributed by atoms with Crippen molar-refractivity contribution >= 4 is 17.7 Å². The summed E-state index contributed by atoms with van der Waals surface area (Å²) in [6.45, 7) is 3.01. The molecule has 0 amide bonds. The van der Waals surface area contributed by atoms with Crippen molar-refractivity contribution in [1.82, 2.24) is 0 Å². The molecule has 1 aromatic rings. The van der Waals surface area contributed by atoms with E-state index < -0.39 is 4.92 Å². The second-order valence-electron chi connectivity index (χ2n) is 4.25. The summed E-state index contributed by atoms with van der Waals surface area (Å²) in [6.07, 6.45) is 3.90. The molecule has 0 aliphatic heterocycles. The van der Waals surface area contributed by atoms with Gasteiger partial charge in [-0.2, -0.15) is 0 Å². The third-order valence-electron chi connectivity index (χ3n) is 2.87. The van der Waals surface area contributed by atoms with Crippen LogP contribution in [0.5, 0.6) is 0 Å². The van der Waals surface area contributed by atoms with Gasteiger partial charge >= 0.3 is 0 Å². The molecular weight excluding hydrogens is 232 g/mol. The van der Waals surface area contributed by atoms with E-state index >= 15 is 0 Å². The van der Waals surface area contributed by atoms with Gasteiger partial charge in [0.1, 0.15) is 0 Å². The number of nitrogens with zero attached hydrogens (tertiary/aromatic N) is 2. The molecule has 0 aliphatic carbocycles. The highest BCUT2D eigenvalue weighted by Crippen LogP contribution is 2.23. The normalized spacial score (nSPS) is 10.1. The molecule has 1 aromatic carbocycles. The van der Waals surface area contributed by atoms with E-state index in [-0.39, 0.29) is 11.3 Å². The summed E-state index contributed by atoms with van der Waals surface area (Å²) < 4.78 is 0. The number of carbonyl (C=O) groups excluding carboxylic acids is 1. The Morgan fingerprint density at radius 1 is 1.39 bits per heavy atom. The molecule has 0 N–H and O–H groups in total. The smallest absolute Gasteiger partial charge is 0.280 e. The fourth-order valence-electron chi connectivity index (χ4n) is 1.77. The van der Waals surface area contributed by atoms with E-state index in [4.69, 9.17) is 0 Å². The number of aldehydes is 1. The van der Waals surface area contributed by atoms with Crippen molar-refractivity contribution in [2.75, 3.05) is 18.5 Å². The van der Waals surface area contributed by atoms with Crippen LogP contribution in [-0.4, -0.2) is 24.8 Å². The largest absolute Gasteiger partial charge is 0.375 e. The average molecular weight is 250 g/mol. The van der Waals surface area contributed by atoms with Gasteiger partial charge in [0.2, 0.25) is 0 Å². The van der Waals surface area contributed by atoms with Crippen LogP contribution in [0.3, 0.4) is 0 Å². The molecule has 1 rings (SSSR count). The maximum absolute atomic E-state index is 10.8. The molecule has 0 saturated heterocycles. The van der Waals surface area contributed by atoms with Gasteiger partial charge in [0.05, 0.1) is 10.5 Å². The molecule has 98 valence electrons. The molecule has 0 bridgehead atoms. The zero-order valence-corrected chi connectivity index (χ0v) is 10.8. The number of carbonyl (C=O) groups is 1. The van der Waals surface area contributed by atoms with Crippen LogP contribution in [0, 0.1) is 10.1 Å². The van der Waals surface area contributed by atoms with Gasteiger partial charge in [0.25, 0.3) is 5.69 Å². The molecular formula is C13H18N2O3. The Hall–Kier alpha value is -1.91. The van der Waals surface area contributed by atoms with Crippen LogP contribution in [0.15, 0.2) is 18.2 Å². The van der Waals surface area contributed by atoms with Gasteiger partial charge in [-0.05, 0) is 18.6 Å². The predicted octanol–water partition coefficient (Wildman–Crippen LogP) is 3.03. The molecule has 0 aromatic heterocycles. The SMILES string of the molecule is CCCCCN(C)c1ccc([N+](=O)[O-])c(C=O)c1. The van der Waals surface area contributed by atoms with Gasteiger partial charge in [-0.1, -0.05) is 19.8 Å². The molecule has 0 fully saturated rings. The Morgan fingerprint density at radius 3 is 2.67 bits per heavy atom. The maximum atomic E-state index is 10.8. The lowest BCUT2D eigenvalue weighted by Crippen LogP contribution is -2.18. The molecule has 0 spiro atoms. The number of unbranched alkanes of at least 4 members (excludes halogenated alkanes) is 2. The molecule has 18 heavy (non-hydrogen) atoms. The van der Waals surface area contributed by atoms with Crippen LogP contribution in [0.4, 0.5) is 11.4 Å². The summed E-state index contributed by atoms with van der Waals surface area (Å²) in [5.74, 6) is 0. The first-order valence-corrected chi connectivity index (χ1v) is 6.05. The number of rotatable bonds is 7. The van der Waals surface area contributed by atoms with E-state index in [0.29, 0.717) is 6.29 Å². The van der Waals surface area contributed by atoms with E-state index in [0.717, 1.165) is 31.5 Å². The van der Waals surface area contributed by atoms with E-state index in [9.17, 15) is 14.9 Å². The lowest BCUT2D eigenvalue weighted by molar-refractivity contribution is -0.385. The van der Waals surface area contributed by atoms with Crippen molar-refractivity contribution in [1.29, 1.82) is 0 Å². The minimum atomic E-state index is -0.537. The molecule has 0 aliphatic rings. The van der Waals surface area contributed by atoms with Crippen molar-refractivity contribution in [3.63, 3.8) is 0 Å². The van der Waals surface area contributed by atoms with Crippen LogP contribution in [0.2, 0.25) is 0 Å². The van der Waals surface area contributed by atoms with Gasteiger partial charge in [0, 0.05) is 25.3 Å². The second-order valence-corrected chi connectivity index (χ2v) is 4.25. The zero-order chi connectivity index (χ0) is 13.5. The number of anilines is 1. The van der Waals surface area contributed by atoms with Gasteiger partial charge in [0.15, 0.2) is 6.29 Å². The Morgan fingerprint density at radius 2 is 2.11 bits per heavy atom. The fourth-order valence-corrected chi connectivity index (χ4v) is 1.77. The van der Waals surface area contributed by atoms with Crippen LogP contribution in [0.25, 0.3) is 0 Å². The monoisotopic (exact) mass is 250 g/mol. The Kier molecular flexibility index (Phi) is 5.30. The van der Waals surface area contributed by atoms with Crippen LogP contribution in [-0.2, 0) is 0 Å². The van der Waals surface area contributed by atoms with Crippen molar-refractivity contribution < 1.29 is 9.72 Å². The van der Waals surface area contributed by atoms with E-state index in [2.05, 4.69) is 6.92 Å². The first kappa shape index (κ1) is 14.2. The lowest BCUT2D eigenvalue weighted by Gasteiger charge is -2.19. The van der Waals surface area contributed by atoms with E-state index in [1.165, 1.54) is 6.07 Å². The van der Waals surface area contributed by atoms with Gasteiger partial charge < -0.3 is 4.90 Å². The Bertz CT molecular complexity index is 432. The standard InChI is InChI=1S/C13H18N2O3/c1-3-4-5-8-14(2)12-6-7-13(15(17)18)11(9-12)10-16/h6-7,9-10H,3-5,8H2,1-2H3. The van der Waals surface area contributed by atoms with Gasteiger partial charge in [-0.15, -0.1) is 0 Å². The highest BCUT2D eigenvalue weighted by atomic mass is 16.6. The van der Waals surface area contributed by atoms with Crippen molar-refractivity contribution in [3.8, 4) is 0 Å². The molecule has 0 unspecified atom stereocenters. The fraction of sp³-hybridized carbons (Fsp3) is 0.462. The number of nitro benzene ring substituents is 1. The third kappa shape index (κ3) is 3.55.